The third-order valence-corrected chi connectivity index (χ3v) is 7.55. The van der Waals surface area contributed by atoms with Crippen LogP contribution in [0.1, 0.15) is 41.0 Å². The van der Waals surface area contributed by atoms with Crippen molar-refractivity contribution in [3.8, 4) is 23.0 Å². The highest BCUT2D eigenvalue weighted by molar-refractivity contribution is 5.90. The van der Waals surface area contributed by atoms with Gasteiger partial charge in [0, 0.05) is 23.5 Å². The normalized spacial score (nSPS) is 15.3. The Labute approximate surface area is 232 Å². The lowest BCUT2D eigenvalue weighted by atomic mass is 10.00. The van der Waals surface area contributed by atoms with Crippen molar-refractivity contribution in [2.45, 2.75) is 32.9 Å². The number of nitrogens with one attached hydrogen (secondary N) is 1. The van der Waals surface area contributed by atoms with Gasteiger partial charge in [-0.2, -0.15) is 5.10 Å². The second-order valence-electron chi connectivity index (χ2n) is 10.1. The van der Waals surface area contributed by atoms with Crippen LogP contribution in [0.2, 0.25) is 0 Å². The molecule has 2 amide bonds. The number of hydrogen-bond acceptors (Lipinski definition) is 4. The first-order valence-electron chi connectivity index (χ1n) is 13.5. The molecule has 0 fully saturated rings. The predicted octanol–water partition coefficient (Wildman–Crippen LogP) is 6.40. The van der Waals surface area contributed by atoms with Gasteiger partial charge >= 0.3 is 6.03 Å². The van der Waals surface area contributed by atoms with Crippen LogP contribution in [-0.4, -0.2) is 32.1 Å². The van der Waals surface area contributed by atoms with Crippen LogP contribution in [0.25, 0.3) is 11.5 Å². The molecule has 8 nitrogen and oxygen atoms in total. The zero-order valence-electron chi connectivity index (χ0n) is 22.4. The lowest BCUT2D eigenvalue weighted by Gasteiger charge is -2.31. The number of urea groups is 1. The van der Waals surface area contributed by atoms with Crippen LogP contribution >= 0.6 is 0 Å². The number of rotatable bonds is 4. The van der Waals surface area contributed by atoms with Crippen molar-refractivity contribution in [2.75, 3.05) is 12.1 Å². The highest BCUT2D eigenvalue weighted by atomic mass is 16.7. The Hall–Kier alpha value is -4.98. The lowest BCUT2D eigenvalue weighted by molar-refractivity contribution is 0.174. The molecule has 0 radical (unpaired) electrons. The number of carbonyl (C=O) groups excluding carboxylic acids is 1. The summed E-state index contributed by atoms with van der Waals surface area (Å²) in [5, 5.41) is 8.16. The maximum absolute atomic E-state index is 14.2. The fraction of sp³-hybridized carbons (Fsp3) is 0.188. The molecule has 0 aliphatic carbocycles. The number of hydrogen-bond donors (Lipinski definition) is 1. The predicted molar refractivity (Wildman–Crippen MR) is 152 cm³/mol. The van der Waals surface area contributed by atoms with Crippen molar-refractivity contribution in [3.63, 3.8) is 0 Å². The molecule has 1 N–H and O–H groups in total. The fourth-order valence-corrected chi connectivity index (χ4v) is 5.71. The van der Waals surface area contributed by atoms with Gasteiger partial charge in [0.25, 0.3) is 0 Å². The summed E-state index contributed by atoms with van der Waals surface area (Å²) in [5.41, 5.74) is 6.78. The third kappa shape index (κ3) is 4.00. The Bertz CT molecular complexity index is 1720. The first kappa shape index (κ1) is 24.1. The monoisotopic (exact) mass is 531 g/mol. The molecule has 0 unspecified atom stereocenters. The molecule has 40 heavy (non-hydrogen) atoms. The van der Waals surface area contributed by atoms with Gasteiger partial charge in [-0.25, -0.2) is 9.48 Å². The molecule has 0 spiro atoms. The Morgan fingerprint density at radius 1 is 0.975 bits per heavy atom. The Morgan fingerprint density at radius 3 is 2.65 bits per heavy atom. The topological polar surface area (TPSA) is 73.6 Å². The standard InChI is InChI=1S/C32H29N5O3/c1-3-26-25-19-36(32(38)33-23-14-15-28-29(18-23)40-20-39-28)30(22-10-7-9-21(2)17-22)27-13-8-16-35(27)31(25)37(34-26)24-11-5-4-6-12-24/h4-18,30H,3,19-20H2,1-2H3,(H,33,38)/t30-/m1/s1. The maximum Gasteiger partial charge on any atom is 0.322 e. The molecular weight excluding hydrogens is 502 g/mol. The Kier molecular flexibility index (Phi) is 5.81. The van der Waals surface area contributed by atoms with Crippen LogP contribution in [0.3, 0.4) is 0 Å². The number of aromatic nitrogens is 3. The van der Waals surface area contributed by atoms with Gasteiger partial charge in [-0.3, -0.25) is 0 Å². The van der Waals surface area contributed by atoms with Gasteiger partial charge in [0.2, 0.25) is 6.79 Å². The Morgan fingerprint density at radius 2 is 1.82 bits per heavy atom. The maximum atomic E-state index is 14.2. The number of carbonyl (C=O) groups is 1. The van der Waals surface area contributed by atoms with Crippen LogP contribution in [-0.2, 0) is 13.0 Å². The van der Waals surface area contributed by atoms with Crippen LogP contribution < -0.4 is 14.8 Å². The molecule has 4 heterocycles. The van der Waals surface area contributed by atoms with Crippen molar-refractivity contribution in [2.24, 2.45) is 0 Å². The molecule has 2 aliphatic heterocycles. The second-order valence-corrected chi connectivity index (χ2v) is 10.1. The largest absolute Gasteiger partial charge is 0.454 e. The van der Waals surface area contributed by atoms with E-state index in [9.17, 15) is 4.79 Å². The fourth-order valence-electron chi connectivity index (χ4n) is 5.71. The van der Waals surface area contributed by atoms with Crippen molar-refractivity contribution >= 4 is 11.7 Å². The molecule has 1 atom stereocenters. The summed E-state index contributed by atoms with van der Waals surface area (Å²) in [7, 11) is 0. The van der Waals surface area contributed by atoms with Crippen LogP contribution in [0.4, 0.5) is 10.5 Å². The van der Waals surface area contributed by atoms with Crippen LogP contribution in [0, 0.1) is 6.92 Å². The minimum atomic E-state index is -0.328. The molecule has 5 aromatic rings. The summed E-state index contributed by atoms with van der Waals surface area (Å²) in [5.74, 6) is 2.25. The Balaban J connectivity index is 1.39. The minimum Gasteiger partial charge on any atom is -0.454 e. The number of para-hydroxylation sites is 1. The lowest BCUT2D eigenvalue weighted by Crippen LogP contribution is -2.38. The van der Waals surface area contributed by atoms with Gasteiger partial charge in [-0.05, 0) is 55.3 Å². The average molecular weight is 532 g/mol. The van der Waals surface area contributed by atoms with E-state index in [0.717, 1.165) is 46.0 Å². The van der Waals surface area contributed by atoms with Gasteiger partial charge < -0.3 is 24.3 Å². The molecule has 200 valence electrons. The van der Waals surface area contributed by atoms with Crippen molar-refractivity contribution < 1.29 is 14.3 Å². The first-order chi connectivity index (χ1) is 19.6. The molecule has 0 saturated carbocycles. The van der Waals surface area contributed by atoms with E-state index in [0.29, 0.717) is 23.7 Å². The number of ether oxygens (including phenoxy) is 2. The second kappa shape index (κ2) is 9.64. The summed E-state index contributed by atoms with van der Waals surface area (Å²) in [4.78, 5) is 16.1. The van der Waals surface area contributed by atoms with Crippen LogP contribution in [0.5, 0.6) is 11.5 Å². The smallest absolute Gasteiger partial charge is 0.322 e. The highest BCUT2D eigenvalue weighted by Crippen LogP contribution is 2.40. The third-order valence-electron chi connectivity index (χ3n) is 7.55. The van der Waals surface area contributed by atoms with Gasteiger partial charge in [-0.1, -0.05) is 55.0 Å². The molecule has 2 aromatic heterocycles. The van der Waals surface area contributed by atoms with E-state index in [1.807, 2.05) is 52.0 Å². The zero-order chi connectivity index (χ0) is 27.2. The number of fused-ring (bicyclic) bond motifs is 4. The van der Waals surface area contributed by atoms with Crippen molar-refractivity contribution in [3.05, 3.63) is 119 Å². The molecule has 0 saturated heterocycles. The highest BCUT2D eigenvalue weighted by Gasteiger charge is 2.36. The molecular formula is C32H29N5O3. The minimum absolute atomic E-state index is 0.180. The summed E-state index contributed by atoms with van der Waals surface area (Å²) in [6.07, 6.45) is 2.81. The average Bonchev–Trinajstić information content (AvgIpc) is 3.70. The van der Waals surface area contributed by atoms with E-state index in [2.05, 4.69) is 66.3 Å². The molecule has 3 aromatic carbocycles. The molecule has 0 bridgehead atoms. The van der Waals surface area contributed by atoms with E-state index in [1.54, 1.807) is 6.07 Å². The van der Waals surface area contributed by atoms with E-state index in [1.165, 1.54) is 0 Å². The summed E-state index contributed by atoms with van der Waals surface area (Å²) < 4.78 is 15.2. The number of anilines is 1. The zero-order valence-corrected chi connectivity index (χ0v) is 22.4. The van der Waals surface area contributed by atoms with E-state index >= 15 is 0 Å². The number of aryl methyl sites for hydroxylation is 2. The van der Waals surface area contributed by atoms with Gasteiger partial charge in [0.1, 0.15) is 5.82 Å². The SMILES string of the molecule is CCc1nn(-c2ccccc2)c2c1CN(C(=O)Nc1ccc3c(c1)OCO3)[C@H](c1cccc(C)c1)c1cccn1-2. The summed E-state index contributed by atoms with van der Waals surface area (Å²) in [6.45, 7) is 4.75. The molecule has 2 aliphatic rings. The van der Waals surface area contributed by atoms with E-state index < -0.39 is 0 Å². The van der Waals surface area contributed by atoms with Crippen molar-refractivity contribution in [1.29, 1.82) is 0 Å². The van der Waals surface area contributed by atoms with Crippen molar-refractivity contribution in [1.82, 2.24) is 19.2 Å². The quantitative estimate of drug-likeness (QED) is 0.291. The molecule has 8 heteroatoms. The van der Waals surface area contributed by atoms with Gasteiger partial charge in [0.15, 0.2) is 11.5 Å². The number of benzene rings is 3. The van der Waals surface area contributed by atoms with Gasteiger partial charge in [-0.15, -0.1) is 0 Å². The summed E-state index contributed by atoms with van der Waals surface area (Å²) >= 11 is 0. The number of amides is 2. The van der Waals surface area contributed by atoms with E-state index in [4.69, 9.17) is 14.6 Å². The molecule has 7 rings (SSSR count). The van der Waals surface area contributed by atoms with Crippen LogP contribution in [0.15, 0.2) is 91.1 Å². The van der Waals surface area contributed by atoms with E-state index in [-0.39, 0.29) is 18.9 Å². The number of nitrogens with zero attached hydrogens (tertiary/aromatic N) is 4. The summed E-state index contributed by atoms with van der Waals surface area (Å²) in [6, 6.07) is 27.6. The first-order valence-corrected chi connectivity index (χ1v) is 13.5. The van der Waals surface area contributed by atoms with Gasteiger partial charge in [0.05, 0.1) is 29.7 Å².